The molecule has 0 saturated carbocycles. The summed E-state index contributed by atoms with van der Waals surface area (Å²) in [6.45, 7) is 4.15. The van der Waals surface area contributed by atoms with Crippen LogP contribution in [-0.4, -0.2) is 10.1 Å². The fourth-order valence-electron chi connectivity index (χ4n) is 1.93. The number of aryl methyl sites for hydroxylation is 2. The molecule has 0 bridgehead atoms. The van der Waals surface area contributed by atoms with Crippen molar-refractivity contribution >= 4 is 0 Å². The minimum atomic E-state index is -0.460. The lowest BCUT2D eigenvalue weighted by Gasteiger charge is -2.13. The predicted octanol–water partition coefficient (Wildman–Crippen LogP) is 2.97. The molecule has 0 amide bonds. The number of pyridine rings is 1. The Bertz CT molecular complexity index is 494. The van der Waals surface area contributed by atoms with Crippen LogP contribution in [0.1, 0.15) is 28.4 Å². The standard InChI is InChI=1S/C15H17NO/c1-11-3-4-12(2)14(9-11)10-15(17)13-5-7-16-8-6-13/h3-9,15,17H,10H2,1-2H3. The number of rotatable bonds is 3. The van der Waals surface area contributed by atoms with Gasteiger partial charge in [-0.25, -0.2) is 0 Å². The molecule has 0 aliphatic heterocycles. The van der Waals surface area contributed by atoms with Gasteiger partial charge in [0.2, 0.25) is 0 Å². The van der Waals surface area contributed by atoms with E-state index in [1.165, 1.54) is 16.7 Å². The number of benzene rings is 1. The zero-order valence-electron chi connectivity index (χ0n) is 10.2. The minimum Gasteiger partial charge on any atom is -0.388 e. The fraction of sp³-hybridized carbons (Fsp3) is 0.267. The van der Waals surface area contributed by atoms with Crippen molar-refractivity contribution in [2.24, 2.45) is 0 Å². The third-order valence-electron chi connectivity index (χ3n) is 3.01. The lowest BCUT2D eigenvalue weighted by Crippen LogP contribution is -2.03. The summed E-state index contributed by atoms with van der Waals surface area (Å²) in [6, 6.07) is 10.0. The number of aliphatic hydroxyl groups is 1. The normalized spacial score (nSPS) is 12.4. The van der Waals surface area contributed by atoms with Gasteiger partial charge in [-0.15, -0.1) is 0 Å². The molecule has 1 heterocycles. The van der Waals surface area contributed by atoms with Gasteiger partial charge in [0.25, 0.3) is 0 Å². The molecule has 1 N–H and O–H groups in total. The molecule has 0 spiro atoms. The Kier molecular flexibility index (Phi) is 3.55. The molecular weight excluding hydrogens is 210 g/mol. The molecule has 0 aliphatic rings. The fourth-order valence-corrected chi connectivity index (χ4v) is 1.93. The minimum absolute atomic E-state index is 0.460. The van der Waals surface area contributed by atoms with Crippen LogP contribution >= 0.6 is 0 Å². The number of hydrogen-bond acceptors (Lipinski definition) is 2. The second-order valence-corrected chi connectivity index (χ2v) is 4.43. The molecule has 88 valence electrons. The van der Waals surface area contributed by atoms with Crippen LogP contribution in [-0.2, 0) is 6.42 Å². The molecule has 2 nitrogen and oxygen atoms in total. The number of hydrogen-bond donors (Lipinski definition) is 1. The highest BCUT2D eigenvalue weighted by Crippen LogP contribution is 2.20. The molecule has 1 aromatic carbocycles. The van der Waals surface area contributed by atoms with E-state index < -0.39 is 6.10 Å². The largest absolute Gasteiger partial charge is 0.388 e. The Morgan fingerprint density at radius 1 is 1.12 bits per heavy atom. The monoisotopic (exact) mass is 227 g/mol. The van der Waals surface area contributed by atoms with Crippen LogP contribution < -0.4 is 0 Å². The molecule has 0 aliphatic carbocycles. The van der Waals surface area contributed by atoms with Crippen LogP contribution in [0.25, 0.3) is 0 Å². The molecular formula is C15H17NO. The zero-order valence-corrected chi connectivity index (χ0v) is 10.2. The maximum absolute atomic E-state index is 10.2. The molecule has 1 aromatic heterocycles. The maximum atomic E-state index is 10.2. The summed E-state index contributed by atoms with van der Waals surface area (Å²) in [6.07, 6.45) is 3.61. The lowest BCUT2D eigenvalue weighted by atomic mass is 9.97. The Labute approximate surface area is 102 Å². The van der Waals surface area contributed by atoms with Crippen LogP contribution in [0.15, 0.2) is 42.7 Å². The summed E-state index contributed by atoms with van der Waals surface area (Å²) < 4.78 is 0. The highest BCUT2D eigenvalue weighted by atomic mass is 16.3. The van der Waals surface area contributed by atoms with E-state index in [0.29, 0.717) is 6.42 Å². The number of aromatic nitrogens is 1. The van der Waals surface area contributed by atoms with E-state index in [1.54, 1.807) is 12.4 Å². The summed E-state index contributed by atoms with van der Waals surface area (Å²) in [5.74, 6) is 0. The van der Waals surface area contributed by atoms with Gasteiger partial charge < -0.3 is 5.11 Å². The summed E-state index contributed by atoms with van der Waals surface area (Å²) in [5.41, 5.74) is 4.58. The topological polar surface area (TPSA) is 33.1 Å². The zero-order chi connectivity index (χ0) is 12.3. The summed E-state index contributed by atoms with van der Waals surface area (Å²) in [4.78, 5) is 3.96. The first-order valence-corrected chi connectivity index (χ1v) is 5.81. The molecule has 0 fully saturated rings. The predicted molar refractivity (Wildman–Crippen MR) is 68.8 cm³/mol. The number of nitrogens with zero attached hydrogens (tertiary/aromatic N) is 1. The second-order valence-electron chi connectivity index (χ2n) is 4.43. The van der Waals surface area contributed by atoms with Crippen molar-refractivity contribution in [3.05, 3.63) is 65.0 Å². The van der Waals surface area contributed by atoms with Crippen LogP contribution in [0.4, 0.5) is 0 Å². The second kappa shape index (κ2) is 5.11. The van der Waals surface area contributed by atoms with E-state index in [2.05, 4.69) is 37.0 Å². The van der Waals surface area contributed by atoms with Gasteiger partial charge in [-0.2, -0.15) is 0 Å². The smallest absolute Gasteiger partial charge is 0.0831 e. The van der Waals surface area contributed by atoms with Crippen molar-refractivity contribution in [3.63, 3.8) is 0 Å². The summed E-state index contributed by atoms with van der Waals surface area (Å²) in [7, 11) is 0. The van der Waals surface area contributed by atoms with Gasteiger partial charge in [0.15, 0.2) is 0 Å². The Morgan fingerprint density at radius 3 is 2.53 bits per heavy atom. The van der Waals surface area contributed by atoms with Crippen molar-refractivity contribution < 1.29 is 5.11 Å². The van der Waals surface area contributed by atoms with Crippen LogP contribution in [0.2, 0.25) is 0 Å². The van der Waals surface area contributed by atoms with Gasteiger partial charge in [-0.05, 0) is 42.7 Å². The average Bonchev–Trinajstić information content (AvgIpc) is 2.35. The summed E-state index contributed by atoms with van der Waals surface area (Å²) >= 11 is 0. The van der Waals surface area contributed by atoms with Crippen LogP contribution in [0.5, 0.6) is 0 Å². The van der Waals surface area contributed by atoms with Gasteiger partial charge in [0.05, 0.1) is 6.10 Å². The van der Waals surface area contributed by atoms with Crippen LogP contribution in [0, 0.1) is 13.8 Å². The molecule has 2 heteroatoms. The van der Waals surface area contributed by atoms with E-state index >= 15 is 0 Å². The van der Waals surface area contributed by atoms with Gasteiger partial charge in [-0.1, -0.05) is 23.8 Å². The quantitative estimate of drug-likeness (QED) is 0.874. The van der Waals surface area contributed by atoms with Crippen molar-refractivity contribution in [2.45, 2.75) is 26.4 Å². The third-order valence-corrected chi connectivity index (χ3v) is 3.01. The lowest BCUT2D eigenvalue weighted by molar-refractivity contribution is 0.178. The molecule has 2 rings (SSSR count). The van der Waals surface area contributed by atoms with E-state index in [9.17, 15) is 5.11 Å². The van der Waals surface area contributed by atoms with E-state index in [1.807, 2.05) is 12.1 Å². The number of aliphatic hydroxyl groups excluding tert-OH is 1. The van der Waals surface area contributed by atoms with Crippen molar-refractivity contribution in [3.8, 4) is 0 Å². The highest BCUT2D eigenvalue weighted by molar-refractivity contribution is 5.32. The average molecular weight is 227 g/mol. The maximum Gasteiger partial charge on any atom is 0.0831 e. The molecule has 0 saturated heterocycles. The van der Waals surface area contributed by atoms with Gasteiger partial charge in [0, 0.05) is 18.8 Å². The van der Waals surface area contributed by atoms with E-state index in [-0.39, 0.29) is 0 Å². The first-order valence-electron chi connectivity index (χ1n) is 5.81. The molecule has 0 radical (unpaired) electrons. The first kappa shape index (κ1) is 11.8. The van der Waals surface area contributed by atoms with Gasteiger partial charge in [-0.3, -0.25) is 4.98 Å². The van der Waals surface area contributed by atoms with Crippen LogP contribution in [0.3, 0.4) is 0 Å². The molecule has 2 aromatic rings. The van der Waals surface area contributed by atoms with Crippen molar-refractivity contribution in [1.29, 1.82) is 0 Å². The van der Waals surface area contributed by atoms with Crippen molar-refractivity contribution in [1.82, 2.24) is 4.98 Å². The highest BCUT2D eigenvalue weighted by Gasteiger charge is 2.09. The Morgan fingerprint density at radius 2 is 1.82 bits per heavy atom. The van der Waals surface area contributed by atoms with E-state index in [0.717, 1.165) is 5.56 Å². The molecule has 1 unspecified atom stereocenters. The molecule has 1 atom stereocenters. The van der Waals surface area contributed by atoms with Gasteiger partial charge in [0.1, 0.15) is 0 Å². The van der Waals surface area contributed by atoms with E-state index in [4.69, 9.17) is 0 Å². The Hall–Kier alpha value is -1.67. The van der Waals surface area contributed by atoms with Crippen molar-refractivity contribution in [2.75, 3.05) is 0 Å². The van der Waals surface area contributed by atoms with Gasteiger partial charge >= 0.3 is 0 Å². The Balaban J connectivity index is 2.18. The first-order chi connectivity index (χ1) is 8.16. The molecule has 17 heavy (non-hydrogen) atoms. The SMILES string of the molecule is Cc1ccc(C)c(CC(O)c2ccncc2)c1. The third kappa shape index (κ3) is 2.92. The summed E-state index contributed by atoms with van der Waals surface area (Å²) in [5, 5.41) is 10.2.